The molecule has 0 saturated carbocycles. The fraction of sp³-hybridized carbons (Fsp3) is 0.364. The first kappa shape index (κ1) is 18.3. The second kappa shape index (κ2) is 7.54. The van der Waals surface area contributed by atoms with Crippen LogP contribution in [0.1, 0.15) is 35.9 Å². The fourth-order valence-corrected chi connectivity index (χ4v) is 3.92. The number of piperidine rings is 1. The van der Waals surface area contributed by atoms with Gasteiger partial charge in [0, 0.05) is 35.5 Å². The first-order chi connectivity index (χ1) is 13.6. The van der Waals surface area contributed by atoms with Gasteiger partial charge in [-0.25, -0.2) is 4.79 Å². The van der Waals surface area contributed by atoms with Gasteiger partial charge in [0.25, 0.3) is 5.91 Å². The number of rotatable bonds is 3. The number of aryl methyl sites for hydroxylation is 1. The van der Waals surface area contributed by atoms with Gasteiger partial charge in [0.05, 0.1) is 6.61 Å². The highest BCUT2D eigenvalue weighted by Gasteiger charge is 2.29. The monoisotopic (exact) mass is 380 g/mol. The van der Waals surface area contributed by atoms with E-state index < -0.39 is 6.09 Å². The van der Waals surface area contributed by atoms with E-state index in [1.165, 1.54) is 0 Å². The molecule has 2 amide bonds. The number of hydrogen-bond donors (Lipinski definition) is 1. The van der Waals surface area contributed by atoms with Crippen LogP contribution in [0.5, 0.6) is 0 Å². The maximum absolute atomic E-state index is 13.2. The molecule has 6 heteroatoms. The molecule has 0 unspecified atom stereocenters. The van der Waals surface area contributed by atoms with Gasteiger partial charge in [-0.05, 0) is 32.1 Å². The van der Waals surface area contributed by atoms with Crippen LogP contribution in [0.2, 0.25) is 0 Å². The lowest BCUT2D eigenvalue weighted by Crippen LogP contribution is -2.49. The summed E-state index contributed by atoms with van der Waals surface area (Å²) in [6, 6.07) is 11.9. The lowest BCUT2D eigenvalue weighted by molar-refractivity contribution is 0.0656. The number of nitrogens with one attached hydrogen (secondary N) is 1. The number of carbonyl (C=O) groups is 2. The van der Waals surface area contributed by atoms with E-state index >= 15 is 0 Å². The predicted molar refractivity (Wildman–Crippen MR) is 108 cm³/mol. The van der Waals surface area contributed by atoms with Crippen molar-refractivity contribution in [3.63, 3.8) is 0 Å². The standard InChI is InChI=1S/C22H24N2O4/c1-3-27-22(26)23-16-8-6-12-24(13-16)21(25)19-14(2)17-11-10-15-7-4-5-9-18(15)20(17)28-19/h4-5,7,9-11,16H,3,6,8,12-13H2,1-2H3,(H,23,26)/t16-/m1/s1. The Hall–Kier alpha value is -3.02. The molecule has 0 bridgehead atoms. The molecule has 4 rings (SSSR count). The summed E-state index contributed by atoms with van der Waals surface area (Å²) < 4.78 is 11.0. The molecule has 6 nitrogen and oxygen atoms in total. The van der Waals surface area contributed by atoms with E-state index in [9.17, 15) is 9.59 Å². The Balaban J connectivity index is 1.60. The van der Waals surface area contributed by atoms with Crippen LogP contribution < -0.4 is 5.32 Å². The summed E-state index contributed by atoms with van der Waals surface area (Å²) in [7, 11) is 0. The van der Waals surface area contributed by atoms with Crippen molar-refractivity contribution >= 4 is 33.7 Å². The summed E-state index contributed by atoms with van der Waals surface area (Å²) in [6.07, 6.45) is 1.21. The molecule has 28 heavy (non-hydrogen) atoms. The van der Waals surface area contributed by atoms with Crippen LogP contribution >= 0.6 is 0 Å². The first-order valence-electron chi connectivity index (χ1n) is 9.72. The zero-order valence-electron chi connectivity index (χ0n) is 16.2. The van der Waals surface area contributed by atoms with Crippen LogP contribution in [-0.4, -0.2) is 42.6 Å². The van der Waals surface area contributed by atoms with E-state index in [0.29, 0.717) is 25.5 Å². The molecule has 0 spiro atoms. The molecule has 1 aliphatic heterocycles. The minimum absolute atomic E-state index is 0.109. The molecule has 0 radical (unpaired) electrons. The van der Waals surface area contributed by atoms with Crippen molar-refractivity contribution in [1.29, 1.82) is 0 Å². The van der Waals surface area contributed by atoms with Crippen LogP contribution in [0.25, 0.3) is 21.7 Å². The number of likely N-dealkylation sites (tertiary alicyclic amines) is 1. The van der Waals surface area contributed by atoms with Gasteiger partial charge >= 0.3 is 6.09 Å². The third kappa shape index (κ3) is 3.30. The van der Waals surface area contributed by atoms with Crippen molar-refractivity contribution in [2.24, 2.45) is 0 Å². The number of nitrogens with zero attached hydrogens (tertiary/aromatic N) is 1. The Bertz CT molecular complexity index is 1040. The van der Waals surface area contributed by atoms with Crippen LogP contribution in [0.15, 0.2) is 40.8 Å². The molecular weight excluding hydrogens is 356 g/mol. The van der Waals surface area contributed by atoms with Crippen molar-refractivity contribution in [2.75, 3.05) is 19.7 Å². The molecule has 1 N–H and O–H groups in total. The Morgan fingerprint density at radius 2 is 2.04 bits per heavy atom. The van der Waals surface area contributed by atoms with Crippen molar-refractivity contribution in [3.8, 4) is 0 Å². The van der Waals surface area contributed by atoms with Gasteiger partial charge in [0.1, 0.15) is 5.58 Å². The first-order valence-corrected chi connectivity index (χ1v) is 9.72. The zero-order chi connectivity index (χ0) is 19.7. The number of benzene rings is 2. The normalized spacial score (nSPS) is 17.1. The Labute approximate surface area is 163 Å². The molecular formula is C22H24N2O4. The highest BCUT2D eigenvalue weighted by atomic mass is 16.5. The SMILES string of the molecule is CCOC(=O)N[C@@H]1CCCN(C(=O)c2oc3c(ccc4ccccc43)c2C)C1. The predicted octanol–water partition coefficient (Wildman–Crippen LogP) is 4.25. The molecule has 1 aliphatic rings. The smallest absolute Gasteiger partial charge is 0.407 e. The van der Waals surface area contributed by atoms with Gasteiger partial charge in [-0.15, -0.1) is 0 Å². The highest BCUT2D eigenvalue weighted by molar-refractivity contribution is 6.08. The third-order valence-electron chi connectivity index (χ3n) is 5.33. The van der Waals surface area contributed by atoms with Gasteiger partial charge in [0.2, 0.25) is 0 Å². The van der Waals surface area contributed by atoms with E-state index in [0.717, 1.165) is 40.1 Å². The molecule has 1 atom stereocenters. The van der Waals surface area contributed by atoms with Gasteiger partial charge in [-0.2, -0.15) is 0 Å². The van der Waals surface area contributed by atoms with E-state index in [1.54, 1.807) is 11.8 Å². The van der Waals surface area contributed by atoms with E-state index in [2.05, 4.69) is 11.4 Å². The number of hydrogen-bond acceptors (Lipinski definition) is 4. The largest absolute Gasteiger partial charge is 0.450 e. The number of ether oxygens (including phenoxy) is 1. The number of carbonyl (C=O) groups excluding carboxylic acids is 2. The van der Waals surface area contributed by atoms with Gasteiger partial charge in [0.15, 0.2) is 5.76 Å². The highest BCUT2D eigenvalue weighted by Crippen LogP contribution is 2.32. The number of fused-ring (bicyclic) bond motifs is 3. The Morgan fingerprint density at radius 1 is 1.21 bits per heavy atom. The molecule has 1 saturated heterocycles. The third-order valence-corrected chi connectivity index (χ3v) is 5.33. The summed E-state index contributed by atoms with van der Waals surface area (Å²) >= 11 is 0. The number of furan rings is 1. The number of alkyl carbamates (subject to hydrolysis) is 1. The maximum Gasteiger partial charge on any atom is 0.407 e. The molecule has 146 valence electrons. The number of amides is 2. The minimum atomic E-state index is -0.437. The molecule has 2 heterocycles. The molecule has 2 aromatic carbocycles. The van der Waals surface area contributed by atoms with Crippen LogP contribution in [-0.2, 0) is 4.74 Å². The van der Waals surface area contributed by atoms with Gasteiger partial charge < -0.3 is 19.4 Å². The molecule has 0 aliphatic carbocycles. The van der Waals surface area contributed by atoms with E-state index in [1.807, 2.05) is 37.3 Å². The van der Waals surface area contributed by atoms with Crippen LogP contribution in [0.4, 0.5) is 4.79 Å². The van der Waals surface area contributed by atoms with Crippen LogP contribution in [0.3, 0.4) is 0 Å². The molecule has 1 aromatic heterocycles. The topological polar surface area (TPSA) is 71.8 Å². The lowest BCUT2D eigenvalue weighted by Gasteiger charge is -2.32. The fourth-order valence-electron chi connectivity index (χ4n) is 3.92. The summed E-state index contributed by atoms with van der Waals surface area (Å²) in [4.78, 5) is 26.6. The van der Waals surface area contributed by atoms with Crippen molar-refractivity contribution in [1.82, 2.24) is 10.2 Å². The second-order valence-electron chi connectivity index (χ2n) is 7.17. The van der Waals surface area contributed by atoms with Gasteiger partial charge in [-0.3, -0.25) is 4.79 Å². The quantitative estimate of drug-likeness (QED) is 0.737. The van der Waals surface area contributed by atoms with Crippen molar-refractivity contribution in [2.45, 2.75) is 32.7 Å². The lowest BCUT2D eigenvalue weighted by atomic mass is 10.0. The van der Waals surface area contributed by atoms with Crippen LogP contribution in [0, 0.1) is 6.92 Å². The Kier molecular flexibility index (Phi) is 4.94. The van der Waals surface area contributed by atoms with Gasteiger partial charge in [-0.1, -0.05) is 36.4 Å². The zero-order valence-corrected chi connectivity index (χ0v) is 16.2. The summed E-state index contributed by atoms with van der Waals surface area (Å²) in [6.45, 7) is 5.12. The minimum Gasteiger partial charge on any atom is -0.450 e. The molecule has 1 fully saturated rings. The summed E-state index contributed by atoms with van der Waals surface area (Å²) in [5.74, 6) is 0.247. The summed E-state index contributed by atoms with van der Waals surface area (Å²) in [5.41, 5.74) is 1.60. The maximum atomic E-state index is 13.2. The van der Waals surface area contributed by atoms with Crippen molar-refractivity contribution in [3.05, 3.63) is 47.7 Å². The van der Waals surface area contributed by atoms with E-state index in [-0.39, 0.29) is 11.9 Å². The van der Waals surface area contributed by atoms with Crippen molar-refractivity contribution < 1.29 is 18.7 Å². The summed E-state index contributed by atoms with van der Waals surface area (Å²) in [5, 5.41) is 5.88. The average molecular weight is 380 g/mol. The molecule has 3 aromatic rings. The Morgan fingerprint density at radius 3 is 2.86 bits per heavy atom. The average Bonchev–Trinajstić information content (AvgIpc) is 3.05. The van der Waals surface area contributed by atoms with E-state index in [4.69, 9.17) is 9.15 Å². The second-order valence-corrected chi connectivity index (χ2v) is 7.17.